The number of halogens is 2. The molecule has 2 heterocycles. The van der Waals surface area contributed by atoms with Crippen LogP contribution in [0, 0.1) is 5.82 Å². The van der Waals surface area contributed by atoms with Crippen LogP contribution < -0.4 is 0 Å². The van der Waals surface area contributed by atoms with Gasteiger partial charge in [-0.1, -0.05) is 34.5 Å². The average molecular weight is 387 g/mol. The van der Waals surface area contributed by atoms with Crippen LogP contribution in [0.2, 0.25) is 0 Å². The molecule has 0 bridgehead atoms. The molecule has 1 fully saturated rings. The molecule has 0 aliphatic carbocycles. The Bertz CT molecular complexity index is 858. The molecule has 3 aromatic rings. The summed E-state index contributed by atoms with van der Waals surface area (Å²) in [6.07, 6.45) is 3.62. The van der Waals surface area contributed by atoms with Crippen LogP contribution >= 0.6 is 15.9 Å². The summed E-state index contributed by atoms with van der Waals surface area (Å²) >= 11 is 3.56. The van der Waals surface area contributed by atoms with Crippen LogP contribution in [-0.2, 0) is 6.54 Å². The molecule has 124 valence electrons. The fourth-order valence-corrected chi connectivity index (χ4v) is 4.15. The third-order valence-electron chi connectivity index (χ3n) is 4.85. The predicted octanol–water partition coefficient (Wildman–Crippen LogP) is 5.80. The van der Waals surface area contributed by atoms with Crippen molar-refractivity contribution in [3.8, 4) is 0 Å². The van der Waals surface area contributed by atoms with Crippen LogP contribution in [0.5, 0.6) is 0 Å². The summed E-state index contributed by atoms with van der Waals surface area (Å²) in [5, 5.41) is 0.956. The highest BCUT2D eigenvalue weighted by molar-refractivity contribution is 9.10. The monoisotopic (exact) mass is 386 g/mol. The van der Waals surface area contributed by atoms with Crippen molar-refractivity contribution in [1.82, 2.24) is 9.88 Å². The van der Waals surface area contributed by atoms with E-state index in [1.165, 1.54) is 30.2 Å². The zero-order valence-corrected chi connectivity index (χ0v) is 15.0. The molecule has 4 rings (SSSR count). The number of hydrogen-bond acceptors (Lipinski definition) is 1. The van der Waals surface area contributed by atoms with Crippen molar-refractivity contribution in [3.63, 3.8) is 0 Å². The van der Waals surface area contributed by atoms with Gasteiger partial charge in [-0.2, -0.15) is 0 Å². The molecule has 24 heavy (non-hydrogen) atoms. The highest BCUT2D eigenvalue weighted by atomic mass is 79.9. The largest absolute Gasteiger partial charge is 0.357 e. The molecule has 1 aliphatic heterocycles. The van der Waals surface area contributed by atoms with Crippen LogP contribution in [0.1, 0.15) is 36.6 Å². The Morgan fingerprint density at radius 2 is 2.04 bits per heavy atom. The SMILES string of the molecule is Fc1ccc2[nH]c(C3CCCCN3Cc3cccc(Br)c3)cc2c1. The maximum absolute atomic E-state index is 13.5. The summed E-state index contributed by atoms with van der Waals surface area (Å²) in [6, 6.07) is 15.9. The molecule has 1 aromatic heterocycles. The third kappa shape index (κ3) is 3.26. The molecule has 4 heteroatoms. The molecule has 1 unspecified atom stereocenters. The van der Waals surface area contributed by atoms with Gasteiger partial charge in [-0.15, -0.1) is 0 Å². The van der Waals surface area contributed by atoms with Crippen LogP contribution in [0.3, 0.4) is 0 Å². The molecule has 1 atom stereocenters. The Morgan fingerprint density at radius 1 is 1.12 bits per heavy atom. The van der Waals surface area contributed by atoms with E-state index in [1.54, 1.807) is 6.07 Å². The normalized spacial score (nSPS) is 19.0. The Labute approximate surface area is 149 Å². The van der Waals surface area contributed by atoms with E-state index in [-0.39, 0.29) is 5.82 Å². The number of rotatable bonds is 3. The van der Waals surface area contributed by atoms with Gasteiger partial charge in [-0.05, 0) is 61.3 Å². The van der Waals surface area contributed by atoms with E-state index in [9.17, 15) is 4.39 Å². The van der Waals surface area contributed by atoms with Gasteiger partial charge in [0, 0.05) is 27.6 Å². The number of H-pyrrole nitrogens is 1. The topological polar surface area (TPSA) is 19.0 Å². The molecule has 0 saturated carbocycles. The lowest BCUT2D eigenvalue weighted by Gasteiger charge is -2.35. The predicted molar refractivity (Wildman–Crippen MR) is 99.4 cm³/mol. The summed E-state index contributed by atoms with van der Waals surface area (Å²) in [6.45, 7) is 2.04. The summed E-state index contributed by atoms with van der Waals surface area (Å²) < 4.78 is 14.6. The van der Waals surface area contributed by atoms with Gasteiger partial charge in [-0.25, -0.2) is 4.39 Å². The highest BCUT2D eigenvalue weighted by Crippen LogP contribution is 2.33. The minimum atomic E-state index is -0.178. The quantitative estimate of drug-likeness (QED) is 0.602. The van der Waals surface area contributed by atoms with Crippen molar-refractivity contribution in [2.75, 3.05) is 6.54 Å². The highest BCUT2D eigenvalue weighted by Gasteiger charge is 2.25. The van der Waals surface area contributed by atoms with Crippen LogP contribution in [-0.4, -0.2) is 16.4 Å². The van der Waals surface area contributed by atoms with Gasteiger partial charge in [0.05, 0.1) is 6.04 Å². The van der Waals surface area contributed by atoms with E-state index in [0.717, 1.165) is 34.9 Å². The third-order valence-corrected chi connectivity index (χ3v) is 5.34. The first kappa shape index (κ1) is 15.9. The number of benzene rings is 2. The number of hydrogen-bond donors (Lipinski definition) is 1. The van der Waals surface area contributed by atoms with E-state index in [2.05, 4.69) is 56.1 Å². The number of aromatic nitrogens is 1. The molecule has 1 N–H and O–H groups in total. The zero-order valence-electron chi connectivity index (χ0n) is 13.4. The maximum atomic E-state index is 13.5. The van der Waals surface area contributed by atoms with Gasteiger partial charge < -0.3 is 4.98 Å². The lowest BCUT2D eigenvalue weighted by Crippen LogP contribution is -2.33. The fraction of sp³-hybridized carbons (Fsp3) is 0.300. The number of fused-ring (bicyclic) bond motifs is 1. The Kier molecular flexibility index (Phi) is 4.42. The van der Waals surface area contributed by atoms with Crippen molar-refractivity contribution >= 4 is 26.8 Å². The van der Waals surface area contributed by atoms with Gasteiger partial charge in [0.15, 0.2) is 0 Å². The second-order valence-electron chi connectivity index (χ2n) is 6.57. The Morgan fingerprint density at radius 3 is 2.92 bits per heavy atom. The molecule has 1 saturated heterocycles. The first-order valence-electron chi connectivity index (χ1n) is 8.46. The number of nitrogens with one attached hydrogen (secondary N) is 1. The Hall–Kier alpha value is -1.65. The number of aromatic amines is 1. The molecule has 0 amide bonds. The number of nitrogens with zero attached hydrogens (tertiary/aromatic N) is 1. The standard InChI is InChI=1S/C20H20BrFN2/c21-16-5-3-4-14(10-16)13-24-9-2-1-6-20(24)19-12-15-11-17(22)7-8-18(15)23-19/h3-5,7-8,10-12,20,23H,1-2,6,9,13H2. The fourth-order valence-electron chi connectivity index (χ4n) is 3.71. The van der Waals surface area contributed by atoms with Crippen LogP contribution in [0.25, 0.3) is 10.9 Å². The van der Waals surface area contributed by atoms with Crippen molar-refractivity contribution in [2.24, 2.45) is 0 Å². The average Bonchev–Trinajstić information content (AvgIpc) is 2.98. The first-order valence-corrected chi connectivity index (χ1v) is 9.25. The van der Waals surface area contributed by atoms with Gasteiger partial charge in [0.25, 0.3) is 0 Å². The molecular weight excluding hydrogens is 367 g/mol. The molecule has 2 nitrogen and oxygen atoms in total. The minimum Gasteiger partial charge on any atom is -0.357 e. The van der Waals surface area contributed by atoms with E-state index < -0.39 is 0 Å². The second kappa shape index (κ2) is 6.69. The van der Waals surface area contributed by atoms with Gasteiger partial charge in [-0.3, -0.25) is 4.90 Å². The van der Waals surface area contributed by atoms with Crippen LogP contribution in [0.4, 0.5) is 4.39 Å². The molecule has 0 spiro atoms. The van der Waals surface area contributed by atoms with Gasteiger partial charge >= 0.3 is 0 Å². The summed E-state index contributed by atoms with van der Waals surface area (Å²) in [5.41, 5.74) is 3.53. The van der Waals surface area contributed by atoms with E-state index >= 15 is 0 Å². The van der Waals surface area contributed by atoms with E-state index in [0.29, 0.717) is 6.04 Å². The first-order chi connectivity index (χ1) is 11.7. The summed E-state index contributed by atoms with van der Waals surface area (Å²) in [7, 11) is 0. The van der Waals surface area contributed by atoms with E-state index in [1.807, 2.05) is 6.07 Å². The van der Waals surface area contributed by atoms with Crippen molar-refractivity contribution in [2.45, 2.75) is 31.8 Å². The van der Waals surface area contributed by atoms with Gasteiger partial charge in [0.2, 0.25) is 0 Å². The van der Waals surface area contributed by atoms with Gasteiger partial charge in [0.1, 0.15) is 5.82 Å². The summed E-state index contributed by atoms with van der Waals surface area (Å²) in [4.78, 5) is 6.04. The summed E-state index contributed by atoms with van der Waals surface area (Å²) in [5.74, 6) is -0.178. The number of piperidine rings is 1. The Balaban J connectivity index is 1.63. The minimum absolute atomic E-state index is 0.178. The maximum Gasteiger partial charge on any atom is 0.123 e. The zero-order chi connectivity index (χ0) is 16.5. The van der Waals surface area contributed by atoms with Crippen molar-refractivity contribution in [3.05, 3.63) is 70.1 Å². The molecule has 2 aromatic carbocycles. The lowest BCUT2D eigenvalue weighted by molar-refractivity contribution is 0.138. The van der Waals surface area contributed by atoms with Crippen molar-refractivity contribution in [1.29, 1.82) is 0 Å². The molecule has 1 aliphatic rings. The smallest absolute Gasteiger partial charge is 0.123 e. The number of likely N-dealkylation sites (tertiary alicyclic amines) is 1. The van der Waals surface area contributed by atoms with Crippen molar-refractivity contribution < 1.29 is 4.39 Å². The van der Waals surface area contributed by atoms with E-state index in [4.69, 9.17) is 0 Å². The van der Waals surface area contributed by atoms with Crippen LogP contribution in [0.15, 0.2) is 53.0 Å². The lowest BCUT2D eigenvalue weighted by atomic mass is 9.98. The second-order valence-corrected chi connectivity index (χ2v) is 7.48. The molecular formula is C20H20BrFN2. The molecule has 0 radical (unpaired) electrons.